The van der Waals surface area contributed by atoms with Crippen LogP contribution in [0.4, 0.5) is 5.00 Å². The van der Waals surface area contributed by atoms with Crippen molar-refractivity contribution in [3.05, 3.63) is 34.5 Å². The van der Waals surface area contributed by atoms with Crippen molar-refractivity contribution < 1.29 is 4.79 Å². The van der Waals surface area contributed by atoms with Gasteiger partial charge in [-0.2, -0.15) is 5.26 Å². The lowest BCUT2D eigenvalue weighted by Gasteiger charge is -2.12. The molecule has 0 fully saturated rings. The minimum absolute atomic E-state index is 0.160. The Morgan fingerprint density at radius 3 is 2.92 bits per heavy atom. The van der Waals surface area contributed by atoms with Crippen molar-refractivity contribution in [2.75, 3.05) is 5.32 Å². The third-order valence-corrected chi connectivity index (χ3v) is 6.22. The molecular formula is C16H15N5OS3. The second-order valence-corrected chi connectivity index (χ2v) is 8.22. The number of nitrogens with zero attached hydrogens (tertiary/aromatic N) is 4. The average molecular weight is 390 g/mol. The number of thiophene rings is 2. The van der Waals surface area contributed by atoms with Crippen LogP contribution < -0.4 is 5.32 Å². The van der Waals surface area contributed by atoms with E-state index in [1.54, 1.807) is 22.8 Å². The van der Waals surface area contributed by atoms with Crippen molar-refractivity contribution in [2.24, 2.45) is 0 Å². The van der Waals surface area contributed by atoms with Gasteiger partial charge in [0.1, 0.15) is 11.1 Å². The molecule has 0 unspecified atom stereocenters. The maximum absolute atomic E-state index is 12.4. The van der Waals surface area contributed by atoms with E-state index in [4.69, 9.17) is 5.26 Å². The molecule has 0 saturated carbocycles. The molecule has 1 N–H and O–H groups in total. The fraction of sp³-hybridized carbons (Fsp3) is 0.250. The summed E-state index contributed by atoms with van der Waals surface area (Å²) in [4.78, 5) is 13.5. The molecule has 0 aliphatic rings. The molecule has 3 aromatic rings. The van der Waals surface area contributed by atoms with Gasteiger partial charge in [0.15, 0.2) is 11.0 Å². The van der Waals surface area contributed by atoms with Crippen LogP contribution in [0.25, 0.3) is 10.7 Å². The minimum atomic E-state index is -0.362. The van der Waals surface area contributed by atoms with E-state index in [0.29, 0.717) is 15.7 Å². The SMILES string of the molecule is CCn1c(S[C@H](C)C(=O)Nc2sccc2C#N)nnc1-c1cccs1. The summed E-state index contributed by atoms with van der Waals surface area (Å²) in [5.41, 5.74) is 0.479. The average Bonchev–Trinajstić information content (AvgIpc) is 3.34. The zero-order valence-corrected chi connectivity index (χ0v) is 16.0. The first-order valence-electron chi connectivity index (χ1n) is 7.56. The van der Waals surface area contributed by atoms with Crippen molar-refractivity contribution in [2.45, 2.75) is 30.8 Å². The summed E-state index contributed by atoms with van der Waals surface area (Å²) < 4.78 is 2.01. The van der Waals surface area contributed by atoms with Gasteiger partial charge in [0.2, 0.25) is 5.91 Å². The highest BCUT2D eigenvalue weighted by molar-refractivity contribution is 8.00. The van der Waals surface area contributed by atoms with Crippen LogP contribution in [0.2, 0.25) is 0 Å². The van der Waals surface area contributed by atoms with E-state index < -0.39 is 0 Å². The summed E-state index contributed by atoms with van der Waals surface area (Å²) in [7, 11) is 0. The number of amides is 1. The summed E-state index contributed by atoms with van der Waals surface area (Å²) in [6.07, 6.45) is 0. The zero-order valence-electron chi connectivity index (χ0n) is 13.6. The Balaban J connectivity index is 1.74. The van der Waals surface area contributed by atoms with Crippen molar-refractivity contribution >= 4 is 45.3 Å². The Morgan fingerprint density at radius 2 is 2.24 bits per heavy atom. The van der Waals surface area contributed by atoms with Crippen LogP contribution >= 0.6 is 34.4 Å². The number of anilines is 1. The summed E-state index contributed by atoms with van der Waals surface area (Å²) in [6.45, 7) is 4.57. The molecule has 9 heteroatoms. The van der Waals surface area contributed by atoms with Crippen molar-refractivity contribution in [1.29, 1.82) is 5.26 Å². The minimum Gasteiger partial charge on any atom is -0.316 e. The van der Waals surface area contributed by atoms with E-state index in [0.717, 1.165) is 17.2 Å². The molecule has 25 heavy (non-hydrogen) atoms. The van der Waals surface area contributed by atoms with E-state index in [9.17, 15) is 4.79 Å². The number of thioether (sulfide) groups is 1. The lowest BCUT2D eigenvalue weighted by molar-refractivity contribution is -0.115. The number of nitriles is 1. The molecule has 1 amide bonds. The maximum atomic E-state index is 12.4. The zero-order chi connectivity index (χ0) is 17.8. The van der Waals surface area contributed by atoms with Gasteiger partial charge >= 0.3 is 0 Å². The number of aromatic nitrogens is 3. The molecule has 0 saturated heterocycles. The Kier molecular flexibility index (Phi) is 5.53. The molecule has 128 valence electrons. The van der Waals surface area contributed by atoms with Crippen molar-refractivity contribution in [1.82, 2.24) is 14.8 Å². The number of nitrogens with one attached hydrogen (secondary N) is 1. The first kappa shape index (κ1) is 17.7. The Hall–Kier alpha value is -2.15. The molecular weight excluding hydrogens is 374 g/mol. The smallest absolute Gasteiger partial charge is 0.238 e. The molecule has 0 aliphatic carbocycles. The fourth-order valence-electron chi connectivity index (χ4n) is 2.17. The molecule has 0 bridgehead atoms. The summed E-state index contributed by atoms with van der Waals surface area (Å²) >= 11 is 4.31. The largest absolute Gasteiger partial charge is 0.316 e. The van der Waals surface area contributed by atoms with Gasteiger partial charge in [-0.25, -0.2) is 0 Å². The number of carbonyl (C=O) groups excluding carboxylic acids is 1. The normalized spacial score (nSPS) is 11.9. The van der Waals surface area contributed by atoms with Crippen LogP contribution in [0.3, 0.4) is 0 Å². The fourth-order valence-corrected chi connectivity index (χ4v) is 4.54. The molecule has 3 rings (SSSR count). The first-order valence-corrected chi connectivity index (χ1v) is 10.2. The van der Waals surface area contributed by atoms with Crippen LogP contribution in [0.1, 0.15) is 19.4 Å². The Bertz CT molecular complexity index is 907. The molecule has 6 nitrogen and oxygen atoms in total. The number of hydrogen-bond donors (Lipinski definition) is 1. The lowest BCUT2D eigenvalue weighted by atomic mass is 10.3. The third-order valence-electron chi connectivity index (χ3n) is 3.45. The van der Waals surface area contributed by atoms with Crippen LogP contribution in [-0.2, 0) is 11.3 Å². The summed E-state index contributed by atoms with van der Waals surface area (Å²) in [5.74, 6) is 0.657. The van der Waals surface area contributed by atoms with Crippen molar-refractivity contribution in [3.63, 3.8) is 0 Å². The molecule has 0 aliphatic heterocycles. The van der Waals surface area contributed by atoms with E-state index >= 15 is 0 Å². The van der Waals surface area contributed by atoms with Gasteiger partial charge in [0.25, 0.3) is 0 Å². The molecule has 0 spiro atoms. The summed E-state index contributed by atoms with van der Waals surface area (Å²) in [5, 5.41) is 25.1. The highest BCUT2D eigenvalue weighted by Gasteiger charge is 2.21. The predicted octanol–water partition coefficient (Wildman–Crippen LogP) is 4.08. The maximum Gasteiger partial charge on any atom is 0.238 e. The first-order chi connectivity index (χ1) is 12.1. The lowest BCUT2D eigenvalue weighted by Crippen LogP contribution is -2.22. The Morgan fingerprint density at radius 1 is 1.40 bits per heavy atom. The van der Waals surface area contributed by atoms with Crippen LogP contribution in [0.5, 0.6) is 0 Å². The monoisotopic (exact) mass is 389 g/mol. The number of carbonyl (C=O) groups is 1. The second-order valence-electron chi connectivity index (χ2n) is 5.05. The van der Waals surface area contributed by atoms with Gasteiger partial charge in [-0.15, -0.1) is 32.9 Å². The van der Waals surface area contributed by atoms with Crippen LogP contribution in [0, 0.1) is 11.3 Å². The Labute approximate surface area is 157 Å². The van der Waals surface area contributed by atoms with Gasteiger partial charge < -0.3 is 9.88 Å². The standard InChI is InChI=1S/C16H15N5OS3/c1-3-21-13(12-5-4-7-23-12)19-20-16(21)25-10(2)14(22)18-15-11(9-17)6-8-24-15/h4-8,10H,3H2,1-2H3,(H,18,22)/t10-/m1/s1. The van der Waals surface area contributed by atoms with E-state index in [1.807, 2.05) is 35.9 Å². The van der Waals surface area contributed by atoms with Gasteiger partial charge in [-0.05, 0) is 36.7 Å². The quantitative estimate of drug-likeness (QED) is 0.642. The number of hydrogen-bond acceptors (Lipinski definition) is 7. The van der Waals surface area contributed by atoms with Gasteiger partial charge in [-0.1, -0.05) is 17.8 Å². The summed E-state index contributed by atoms with van der Waals surface area (Å²) in [6, 6.07) is 7.75. The predicted molar refractivity (Wildman–Crippen MR) is 102 cm³/mol. The van der Waals surface area contributed by atoms with Crippen LogP contribution in [0.15, 0.2) is 34.1 Å². The van der Waals surface area contributed by atoms with E-state index in [1.165, 1.54) is 23.1 Å². The molecule has 3 aromatic heterocycles. The van der Waals surface area contributed by atoms with E-state index in [-0.39, 0.29) is 11.2 Å². The molecule has 3 heterocycles. The van der Waals surface area contributed by atoms with E-state index in [2.05, 4.69) is 21.6 Å². The molecule has 1 atom stereocenters. The van der Waals surface area contributed by atoms with Gasteiger partial charge in [-0.3, -0.25) is 4.79 Å². The van der Waals surface area contributed by atoms with Crippen molar-refractivity contribution in [3.8, 4) is 16.8 Å². The third kappa shape index (κ3) is 3.76. The van der Waals surface area contributed by atoms with Crippen LogP contribution in [-0.4, -0.2) is 25.9 Å². The highest BCUT2D eigenvalue weighted by atomic mass is 32.2. The topological polar surface area (TPSA) is 83.6 Å². The highest BCUT2D eigenvalue weighted by Crippen LogP contribution is 2.30. The second kappa shape index (κ2) is 7.82. The van der Waals surface area contributed by atoms with Gasteiger partial charge in [0.05, 0.1) is 15.7 Å². The molecule has 0 aromatic carbocycles. The molecule has 0 radical (unpaired) electrons. The number of rotatable bonds is 6. The van der Waals surface area contributed by atoms with Gasteiger partial charge in [0, 0.05) is 6.54 Å².